The first kappa shape index (κ1) is 17.9. The fourth-order valence-corrected chi connectivity index (χ4v) is 3.78. The number of ether oxygens (including phenoxy) is 2. The van der Waals surface area contributed by atoms with Crippen molar-refractivity contribution in [3.8, 4) is 11.5 Å². The molecular weight excluding hydrogens is 340 g/mol. The van der Waals surface area contributed by atoms with Gasteiger partial charge in [-0.2, -0.15) is 0 Å². The highest BCUT2D eigenvalue weighted by Crippen LogP contribution is 2.33. The van der Waals surface area contributed by atoms with E-state index in [2.05, 4.69) is 17.0 Å². The number of piperazine rings is 1. The Morgan fingerprint density at radius 3 is 2.41 bits per heavy atom. The molecule has 0 bridgehead atoms. The number of amides is 1. The second kappa shape index (κ2) is 7.24. The average molecular weight is 366 g/mol. The van der Waals surface area contributed by atoms with Gasteiger partial charge in [0, 0.05) is 32.7 Å². The largest absolute Gasteiger partial charge is 0.454 e. The van der Waals surface area contributed by atoms with Gasteiger partial charge in [0.25, 0.3) is 0 Å². The molecule has 5 heteroatoms. The summed E-state index contributed by atoms with van der Waals surface area (Å²) in [6, 6.07) is 16.2. The summed E-state index contributed by atoms with van der Waals surface area (Å²) in [6.45, 7) is 8.49. The van der Waals surface area contributed by atoms with Crippen LogP contribution in [-0.2, 0) is 16.8 Å². The molecule has 2 aliphatic heterocycles. The van der Waals surface area contributed by atoms with E-state index in [9.17, 15) is 4.79 Å². The standard InChI is InChI=1S/C22H26N2O3/c1-22(2,18-6-4-3-5-7-18)21(25)24-12-10-23(11-13-24)15-17-8-9-19-20(14-17)27-16-26-19/h3-9,14H,10-13,15-16H2,1-2H3. The first-order valence-corrected chi connectivity index (χ1v) is 9.50. The zero-order valence-corrected chi connectivity index (χ0v) is 16.0. The molecule has 0 atom stereocenters. The summed E-state index contributed by atoms with van der Waals surface area (Å²) < 4.78 is 10.8. The van der Waals surface area contributed by atoms with Crippen LogP contribution in [0.4, 0.5) is 0 Å². The van der Waals surface area contributed by atoms with E-state index in [0.29, 0.717) is 6.79 Å². The predicted octanol–water partition coefficient (Wildman–Crippen LogP) is 3.04. The van der Waals surface area contributed by atoms with Crippen molar-refractivity contribution in [3.05, 3.63) is 59.7 Å². The normalized spacial score (nSPS) is 17.2. The number of nitrogens with zero attached hydrogens (tertiary/aromatic N) is 2. The molecule has 2 aromatic carbocycles. The zero-order chi connectivity index (χ0) is 18.9. The lowest BCUT2D eigenvalue weighted by Gasteiger charge is -2.38. The maximum absolute atomic E-state index is 13.1. The third-order valence-corrected chi connectivity index (χ3v) is 5.53. The summed E-state index contributed by atoms with van der Waals surface area (Å²) >= 11 is 0. The number of fused-ring (bicyclic) bond motifs is 1. The molecule has 0 aromatic heterocycles. The van der Waals surface area contributed by atoms with Crippen LogP contribution in [0.5, 0.6) is 11.5 Å². The van der Waals surface area contributed by atoms with E-state index in [4.69, 9.17) is 9.47 Å². The maximum atomic E-state index is 13.1. The summed E-state index contributed by atoms with van der Waals surface area (Å²) in [5.74, 6) is 1.85. The van der Waals surface area contributed by atoms with Gasteiger partial charge < -0.3 is 14.4 Å². The Kier molecular flexibility index (Phi) is 4.79. The number of carbonyl (C=O) groups excluding carboxylic acids is 1. The molecule has 0 unspecified atom stereocenters. The van der Waals surface area contributed by atoms with Gasteiger partial charge in [-0.15, -0.1) is 0 Å². The van der Waals surface area contributed by atoms with Gasteiger partial charge in [0.2, 0.25) is 12.7 Å². The van der Waals surface area contributed by atoms with E-state index in [1.807, 2.05) is 55.1 Å². The van der Waals surface area contributed by atoms with E-state index in [1.54, 1.807) is 0 Å². The zero-order valence-electron chi connectivity index (χ0n) is 16.0. The lowest BCUT2D eigenvalue weighted by Crippen LogP contribution is -2.52. The van der Waals surface area contributed by atoms with Gasteiger partial charge in [0.05, 0.1) is 5.41 Å². The Balaban J connectivity index is 1.35. The van der Waals surface area contributed by atoms with Crippen molar-refractivity contribution in [1.29, 1.82) is 0 Å². The van der Waals surface area contributed by atoms with E-state index in [1.165, 1.54) is 5.56 Å². The Bertz CT molecular complexity index is 812. The fourth-order valence-electron chi connectivity index (χ4n) is 3.78. The molecule has 4 rings (SSSR count). The molecule has 1 fully saturated rings. The van der Waals surface area contributed by atoms with Crippen LogP contribution in [-0.4, -0.2) is 48.7 Å². The monoisotopic (exact) mass is 366 g/mol. The SMILES string of the molecule is CC(C)(C(=O)N1CCN(Cc2ccc3c(c2)OCO3)CC1)c1ccccc1. The minimum atomic E-state index is -0.499. The van der Waals surface area contributed by atoms with Crippen LogP contribution in [0.3, 0.4) is 0 Å². The van der Waals surface area contributed by atoms with Gasteiger partial charge >= 0.3 is 0 Å². The molecule has 0 saturated carbocycles. The van der Waals surface area contributed by atoms with Gasteiger partial charge in [-0.3, -0.25) is 9.69 Å². The highest BCUT2D eigenvalue weighted by Gasteiger charge is 2.35. The highest BCUT2D eigenvalue weighted by atomic mass is 16.7. The van der Waals surface area contributed by atoms with Crippen molar-refractivity contribution in [2.45, 2.75) is 25.8 Å². The van der Waals surface area contributed by atoms with E-state index in [-0.39, 0.29) is 5.91 Å². The molecule has 2 aromatic rings. The number of benzene rings is 2. The Morgan fingerprint density at radius 2 is 1.67 bits per heavy atom. The van der Waals surface area contributed by atoms with Gasteiger partial charge in [0.15, 0.2) is 11.5 Å². The quantitative estimate of drug-likeness (QED) is 0.834. The lowest BCUT2D eigenvalue weighted by molar-refractivity contribution is -0.138. The summed E-state index contributed by atoms with van der Waals surface area (Å²) in [5, 5.41) is 0. The van der Waals surface area contributed by atoms with Crippen molar-refractivity contribution in [3.63, 3.8) is 0 Å². The van der Waals surface area contributed by atoms with Crippen LogP contribution in [0.15, 0.2) is 48.5 Å². The van der Waals surface area contributed by atoms with Crippen LogP contribution >= 0.6 is 0 Å². The topological polar surface area (TPSA) is 42.0 Å². The van der Waals surface area contributed by atoms with Gasteiger partial charge in [-0.1, -0.05) is 36.4 Å². The molecule has 2 heterocycles. The highest BCUT2D eigenvalue weighted by molar-refractivity contribution is 5.87. The van der Waals surface area contributed by atoms with E-state index >= 15 is 0 Å². The van der Waals surface area contributed by atoms with Gasteiger partial charge in [0.1, 0.15) is 0 Å². The maximum Gasteiger partial charge on any atom is 0.232 e. The van der Waals surface area contributed by atoms with Crippen molar-refractivity contribution in [2.24, 2.45) is 0 Å². The van der Waals surface area contributed by atoms with Crippen LogP contribution in [0, 0.1) is 0 Å². The number of hydrogen-bond donors (Lipinski definition) is 0. The van der Waals surface area contributed by atoms with Gasteiger partial charge in [-0.25, -0.2) is 0 Å². The molecule has 1 amide bonds. The molecule has 2 aliphatic rings. The summed E-state index contributed by atoms with van der Waals surface area (Å²) in [6.07, 6.45) is 0. The molecule has 142 valence electrons. The number of carbonyl (C=O) groups is 1. The molecule has 0 spiro atoms. The second-order valence-electron chi connectivity index (χ2n) is 7.75. The van der Waals surface area contributed by atoms with E-state index < -0.39 is 5.41 Å². The van der Waals surface area contributed by atoms with Crippen molar-refractivity contribution >= 4 is 5.91 Å². The van der Waals surface area contributed by atoms with Crippen molar-refractivity contribution in [1.82, 2.24) is 9.80 Å². The fraction of sp³-hybridized carbons (Fsp3) is 0.409. The third kappa shape index (κ3) is 3.65. The van der Waals surface area contributed by atoms with E-state index in [0.717, 1.165) is 49.8 Å². The minimum Gasteiger partial charge on any atom is -0.454 e. The Labute approximate surface area is 160 Å². The van der Waals surface area contributed by atoms with Crippen LogP contribution in [0.1, 0.15) is 25.0 Å². The average Bonchev–Trinajstić information content (AvgIpc) is 3.16. The van der Waals surface area contributed by atoms with Crippen molar-refractivity contribution < 1.29 is 14.3 Å². The molecule has 27 heavy (non-hydrogen) atoms. The Hall–Kier alpha value is -2.53. The molecule has 0 N–H and O–H groups in total. The smallest absolute Gasteiger partial charge is 0.232 e. The predicted molar refractivity (Wildman–Crippen MR) is 104 cm³/mol. The number of rotatable bonds is 4. The van der Waals surface area contributed by atoms with Gasteiger partial charge in [-0.05, 0) is 37.1 Å². The molecular formula is C22H26N2O3. The van der Waals surface area contributed by atoms with Crippen LogP contribution < -0.4 is 9.47 Å². The van der Waals surface area contributed by atoms with Crippen LogP contribution in [0.25, 0.3) is 0 Å². The second-order valence-corrected chi connectivity index (χ2v) is 7.75. The summed E-state index contributed by atoms with van der Waals surface area (Å²) in [5.41, 5.74) is 1.78. The van der Waals surface area contributed by atoms with Crippen molar-refractivity contribution in [2.75, 3.05) is 33.0 Å². The number of hydrogen-bond acceptors (Lipinski definition) is 4. The summed E-state index contributed by atoms with van der Waals surface area (Å²) in [7, 11) is 0. The Morgan fingerprint density at radius 1 is 0.963 bits per heavy atom. The lowest BCUT2D eigenvalue weighted by atomic mass is 9.83. The van der Waals surface area contributed by atoms with Crippen LogP contribution in [0.2, 0.25) is 0 Å². The third-order valence-electron chi connectivity index (χ3n) is 5.53. The summed E-state index contributed by atoms with van der Waals surface area (Å²) in [4.78, 5) is 17.5. The molecule has 0 radical (unpaired) electrons. The molecule has 5 nitrogen and oxygen atoms in total. The molecule has 0 aliphatic carbocycles. The molecule has 1 saturated heterocycles. The first-order chi connectivity index (χ1) is 13.0. The minimum absolute atomic E-state index is 0.205. The first-order valence-electron chi connectivity index (χ1n) is 9.50.